The highest BCUT2D eigenvalue weighted by Gasteiger charge is 2.15. The molecule has 0 N–H and O–H groups in total. The van der Waals surface area contributed by atoms with Gasteiger partial charge in [-0.05, 0) is 24.5 Å². The summed E-state index contributed by atoms with van der Waals surface area (Å²) in [5.41, 5.74) is 3.73. The van der Waals surface area contributed by atoms with Crippen LogP contribution in [0.4, 0.5) is 0 Å². The molecular weight excluding hydrogens is 204 g/mol. The Morgan fingerprint density at radius 3 is 2.12 bits per heavy atom. The summed E-state index contributed by atoms with van der Waals surface area (Å²) in [5.74, 6) is 0.467. The molecule has 1 rings (SSSR count). The zero-order chi connectivity index (χ0) is 13.8. The van der Waals surface area contributed by atoms with Crippen LogP contribution in [0.5, 0.6) is 0 Å². The molecule has 0 aromatic heterocycles. The van der Waals surface area contributed by atoms with Gasteiger partial charge >= 0.3 is 0 Å². The summed E-state index contributed by atoms with van der Waals surface area (Å²) in [7, 11) is 0. The largest absolute Gasteiger partial charge is 0.102 e. The van der Waals surface area contributed by atoms with Gasteiger partial charge in [-0.2, -0.15) is 0 Å². The first-order valence-corrected chi connectivity index (χ1v) is 6.50. The Labute approximate surface area is 108 Å². The highest BCUT2D eigenvalue weighted by molar-refractivity contribution is 5.46. The lowest BCUT2D eigenvalue weighted by molar-refractivity contribution is 0.737. The molecule has 0 aromatic rings. The third-order valence-electron chi connectivity index (χ3n) is 2.42. The maximum Gasteiger partial charge on any atom is 0.00150 e. The SMILES string of the molecule is C=C/C=C1/C=C(C)C(C=C)CC1=C.CC.CC. The first-order valence-electron chi connectivity index (χ1n) is 6.50. The lowest BCUT2D eigenvalue weighted by Crippen LogP contribution is -2.06. The van der Waals surface area contributed by atoms with Gasteiger partial charge in [0.2, 0.25) is 0 Å². The Hall–Kier alpha value is -1.30. The van der Waals surface area contributed by atoms with Gasteiger partial charge in [0.05, 0.1) is 0 Å². The van der Waals surface area contributed by atoms with E-state index in [1.165, 1.54) is 16.7 Å². The van der Waals surface area contributed by atoms with Gasteiger partial charge in [-0.15, -0.1) is 6.58 Å². The minimum Gasteiger partial charge on any atom is -0.102 e. The average Bonchev–Trinajstić information content (AvgIpc) is 2.38. The van der Waals surface area contributed by atoms with E-state index in [2.05, 4.69) is 32.7 Å². The van der Waals surface area contributed by atoms with Crippen LogP contribution in [0.15, 0.2) is 60.8 Å². The summed E-state index contributed by atoms with van der Waals surface area (Å²) >= 11 is 0. The molecule has 0 fully saturated rings. The minimum atomic E-state index is 0.467. The van der Waals surface area contributed by atoms with Crippen molar-refractivity contribution in [2.24, 2.45) is 5.92 Å². The fourth-order valence-electron chi connectivity index (χ4n) is 1.56. The summed E-state index contributed by atoms with van der Waals surface area (Å²) in [6.07, 6.45) is 8.96. The normalized spacial score (nSPS) is 20.3. The summed E-state index contributed by atoms with van der Waals surface area (Å²) in [6.45, 7) is 21.7. The van der Waals surface area contributed by atoms with E-state index in [9.17, 15) is 0 Å². The van der Waals surface area contributed by atoms with Crippen LogP contribution < -0.4 is 0 Å². The van der Waals surface area contributed by atoms with Crippen LogP contribution in [-0.2, 0) is 0 Å². The first kappa shape index (κ1) is 18.1. The molecule has 1 atom stereocenters. The van der Waals surface area contributed by atoms with E-state index >= 15 is 0 Å². The minimum absolute atomic E-state index is 0.467. The van der Waals surface area contributed by atoms with E-state index in [1.54, 1.807) is 6.08 Å². The lowest BCUT2D eigenvalue weighted by Gasteiger charge is -2.22. The van der Waals surface area contributed by atoms with E-state index in [0.717, 1.165) is 6.42 Å². The van der Waals surface area contributed by atoms with Crippen LogP contribution in [0.3, 0.4) is 0 Å². The van der Waals surface area contributed by atoms with Crippen molar-refractivity contribution in [3.8, 4) is 0 Å². The van der Waals surface area contributed by atoms with Gasteiger partial charge in [-0.3, -0.25) is 0 Å². The molecule has 0 aromatic carbocycles. The molecule has 1 aliphatic rings. The van der Waals surface area contributed by atoms with Gasteiger partial charge in [0.25, 0.3) is 0 Å². The predicted molar refractivity (Wildman–Crippen MR) is 82.2 cm³/mol. The Bertz CT molecular complexity index is 300. The Balaban J connectivity index is 0. The molecule has 0 bridgehead atoms. The molecule has 0 amide bonds. The van der Waals surface area contributed by atoms with Crippen LogP contribution in [0.2, 0.25) is 0 Å². The Morgan fingerprint density at radius 2 is 1.71 bits per heavy atom. The molecule has 96 valence electrons. The van der Waals surface area contributed by atoms with E-state index in [0.29, 0.717) is 5.92 Å². The second-order valence-electron chi connectivity index (χ2n) is 3.40. The van der Waals surface area contributed by atoms with Crippen molar-refractivity contribution in [1.29, 1.82) is 0 Å². The number of rotatable bonds is 2. The molecule has 0 spiro atoms. The van der Waals surface area contributed by atoms with Crippen LogP contribution in [0.25, 0.3) is 0 Å². The van der Waals surface area contributed by atoms with Crippen molar-refractivity contribution in [2.75, 3.05) is 0 Å². The van der Waals surface area contributed by atoms with Gasteiger partial charge in [-0.1, -0.05) is 70.7 Å². The predicted octanol–water partition coefficient (Wildman–Crippen LogP) is 5.86. The highest BCUT2D eigenvalue weighted by atomic mass is 14.2. The van der Waals surface area contributed by atoms with Crippen molar-refractivity contribution in [3.63, 3.8) is 0 Å². The monoisotopic (exact) mass is 232 g/mol. The van der Waals surface area contributed by atoms with Crippen LogP contribution in [0, 0.1) is 5.92 Å². The molecule has 17 heavy (non-hydrogen) atoms. The molecule has 0 saturated carbocycles. The van der Waals surface area contributed by atoms with Gasteiger partial charge < -0.3 is 0 Å². The second-order valence-corrected chi connectivity index (χ2v) is 3.40. The quantitative estimate of drug-likeness (QED) is 0.523. The third kappa shape index (κ3) is 6.11. The average molecular weight is 232 g/mol. The van der Waals surface area contributed by atoms with E-state index in [-0.39, 0.29) is 0 Å². The molecule has 0 aliphatic heterocycles. The highest BCUT2D eigenvalue weighted by Crippen LogP contribution is 2.31. The van der Waals surface area contributed by atoms with Crippen molar-refractivity contribution in [2.45, 2.75) is 41.0 Å². The summed E-state index contributed by atoms with van der Waals surface area (Å²) in [5, 5.41) is 0. The molecule has 0 nitrogen and oxygen atoms in total. The topological polar surface area (TPSA) is 0 Å². The summed E-state index contributed by atoms with van der Waals surface area (Å²) < 4.78 is 0. The molecule has 0 saturated heterocycles. The smallest absolute Gasteiger partial charge is 0.00150 e. The number of allylic oxidation sites excluding steroid dienone is 7. The molecule has 0 heterocycles. The molecule has 1 unspecified atom stereocenters. The van der Waals surface area contributed by atoms with Crippen molar-refractivity contribution in [1.82, 2.24) is 0 Å². The standard InChI is InChI=1S/C13H16.2C2H6/c1-5-7-13-9-10(3)12(6-2)8-11(13)4;2*1-2/h5-7,9,12H,1-2,4,8H2,3H3;2*1-2H3/b13-7-;;. The van der Waals surface area contributed by atoms with Gasteiger partial charge in [0, 0.05) is 5.92 Å². The Morgan fingerprint density at radius 1 is 1.18 bits per heavy atom. The van der Waals surface area contributed by atoms with E-state index in [4.69, 9.17) is 0 Å². The van der Waals surface area contributed by atoms with Crippen LogP contribution in [-0.4, -0.2) is 0 Å². The first-order chi connectivity index (χ1) is 8.19. The fourth-order valence-corrected chi connectivity index (χ4v) is 1.56. The number of hydrogen-bond donors (Lipinski definition) is 0. The van der Waals surface area contributed by atoms with E-state index < -0.39 is 0 Å². The van der Waals surface area contributed by atoms with E-state index in [1.807, 2.05) is 39.8 Å². The maximum atomic E-state index is 4.04. The fraction of sp³-hybridized carbons (Fsp3) is 0.412. The molecule has 0 radical (unpaired) electrons. The zero-order valence-electron chi connectivity index (χ0n) is 12.2. The van der Waals surface area contributed by atoms with Gasteiger partial charge in [0.15, 0.2) is 0 Å². The van der Waals surface area contributed by atoms with Crippen molar-refractivity contribution in [3.05, 3.63) is 60.8 Å². The summed E-state index contributed by atoms with van der Waals surface area (Å²) in [4.78, 5) is 0. The number of hydrogen-bond acceptors (Lipinski definition) is 0. The zero-order valence-corrected chi connectivity index (χ0v) is 12.2. The van der Waals surface area contributed by atoms with Crippen molar-refractivity contribution < 1.29 is 0 Å². The third-order valence-corrected chi connectivity index (χ3v) is 2.42. The summed E-state index contributed by atoms with van der Waals surface area (Å²) in [6, 6.07) is 0. The molecule has 0 heteroatoms. The van der Waals surface area contributed by atoms with Gasteiger partial charge in [0.1, 0.15) is 0 Å². The second kappa shape index (κ2) is 11.2. The molecular formula is C17H28. The maximum absolute atomic E-state index is 4.04. The van der Waals surface area contributed by atoms with Gasteiger partial charge in [-0.25, -0.2) is 0 Å². The Kier molecular flexibility index (Phi) is 11.9. The van der Waals surface area contributed by atoms with Crippen LogP contribution >= 0.6 is 0 Å². The van der Waals surface area contributed by atoms with Crippen LogP contribution in [0.1, 0.15) is 41.0 Å². The lowest BCUT2D eigenvalue weighted by atomic mass is 9.83. The van der Waals surface area contributed by atoms with Crippen molar-refractivity contribution >= 4 is 0 Å². The molecule has 1 aliphatic carbocycles.